The Balaban J connectivity index is 1.84. The number of carbonyl (C=O) groups is 2. The summed E-state index contributed by atoms with van der Waals surface area (Å²) in [5.41, 5.74) is 9.31. The number of urea groups is 1. The molecule has 0 radical (unpaired) electrons. The lowest BCUT2D eigenvalue weighted by atomic mass is 9.97. The molecule has 3 aromatic rings. The van der Waals surface area contributed by atoms with Crippen LogP contribution < -0.4 is 16.4 Å². The fourth-order valence-corrected chi connectivity index (χ4v) is 2.83. The number of amides is 3. The highest BCUT2D eigenvalue weighted by Crippen LogP contribution is 2.23. The largest absolute Gasteiger partial charge is 0.351 e. The molecule has 0 spiro atoms. The molecule has 0 saturated carbocycles. The van der Waals surface area contributed by atoms with Crippen LogP contribution in [0.25, 0.3) is 0 Å². The van der Waals surface area contributed by atoms with Gasteiger partial charge in [-0.25, -0.2) is 4.79 Å². The van der Waals surface area contributed by atoms with Crippen molar-refractivity contribution < 1.29 is 9.59 Å². The van der Waals surface area contributed by atoms with Crippen molar-refractivity contribution in [1.29, 1.82) is 0 Å². The van der Waals surface area contributed by atoms with E-state index in [9.17, 15) is 9.59 Å². The Hall–Kier alpha value is -3.60. The first-order valence-electron chi connectivity index (χ1n) is 8.62. The van der Waals surface area contributed by atoms with Gasteiger partial charge in [0, 0.05) is 11.3 Å². The van der Waals surface area contributed by atoms with Crippen molar-refractivity contribution in [3.8, 4) is 0 Å². The second kappa shape index (κ2) is 8.19. The first-order chi connectivity index (χ1) is 13.0. The Kier molecular flexibility index (Phi) is 5.52. The van der Waals surface area contributed by atoms with E-state index in [1.165, 1.54) is 0 Å². The fraction of sp³-hybridized carbons (Fsp3) is 0.0909. The monoisotopic (exact) mass is 359 g/mol. The highest BCUT2D eigenvalue weighted by molar-refractivity contribution is 5.95. The molecule has 1 unspecified atom stereocenters. The molecule has 0 heterocycles. The van der Waals surface area contributed by atoms with E-state index in [0.29, 0.717) is 11.3 Å². The zero-order valence-electron chi connectivity index (χ0n) is 15.0. The number of nitrogens with two attached hydrogens (primary N) is 1. The fourth-order valence-electron chi connectivity index (χ4n) is 2.83. The second-order valence-corrected chi connectivity index (χ2v) is 6.29. The maximum Gasteiger partial charge on any atom is 0.316 e. The summed E-state index contributed by atoms with van der Waals surface area (Å²) in [6.45, 7) is 2.03. The zero-order chi connectivity index (χ0) is 19.2. The van der Waals surface area contributed by atoms with Crippen LogP contribution in [0.15, 0.2) is 78.9 Å². The summed E-state index contributed by atoms with van der Waals surface area (Å²) in [5, 5.41) is 5.57. The molecule has 1 atom stereocenters. The van der Waals surface area contributed by atoms with Crippen LogP contribution in [-0.4, -0.2) is 11.9 Å². The first-order valence-corrected chi connectivity index (χ1v) is 8.62. The second-order valence-electron chi connectivity index (χ2n) is 6.29. The molecule has 5 nitrogen and oxygen atoms in total. The van der Waals surface area contributed by atoms with Gasteiger partial charge in [0.05, 0.1) is 6.04 Å². The third-order valence-electron chi connectivity index (χ3n) is 4.23. The van der Waals surface area contributed by atoms with Crippen LogP contribution in [-0.2, 0) is 0 Å². The summed E-state index contributed by atoms with van der Waals surface area (Å²) in [6.07, 6.45) is 0. The van der Waals surface area contributed by atoms with Crippen LogP contribution >= 0.6 is 0 Å². The highest BCUT2D eigenvalue weighted by Gasteiger charge is 2.17. The van der Waals surface area contributed by atoms with E-state index in [-0.39, 0.29) is 11.9 Å². The topological polar surface area (TPSA) is 84.2 Å². The number of rotatable bonds is 5. The molecule has 0 saturated heterocycles. The van der Waals surface area contributed by atoms with E-state index >= 15 is 0 Å². The number of hydrogen-bond donors (Lipinski definition) is 3. The zero-order valence-corrected chi connectivity index (χ0v) is 15.0. The molecule has 0 fully saturated rings. The average Bonchev–Trinajstić information content (AvgIpc) is 2.67. The predicted octanol–water partition coefficient (Wildman–Crippen LogP) is 4.01. The summed E-state index contributed by atoms with van der Waals surface area (Å²) >= 11 is 0. The summed E-state index contributed by atoms with van der Waals surface area (Å²) in [5.74, 6) is -0.199. The van der Waals surface area contributed by atoms with Crippen LogP contribution in [0, 0.1) is 6.92 Å². The van der Waals surface area contributed by atoms with Gasteiger partial charge in [-0.1, -0.05) is 60.2 Å². The summed E-state index contributed by atoms with van der Waals surface area (Å²) < 4.78 is 0. The molecule has 3 aromatic carbocycles. The normalized spacial score (nSPS) is 11.4. The van der Waals surface area contributed by atoms with Gasteiger partial charge in [-0.2, -0.15) is 0 Å². The van der Waals surface area contributed by atoms with Crippen LogP contribution in [0.4, 0.5) is 10.5 Å². The number of hydrogen-bond acceptors (Lipinski definition) is 2. The summed E-state index contributed by atoms with van der Waals surface area (Å²) in [6, 6.07) is 23.6. The lowest BCUT2D eigenvalue weighted by Crippen LogP contribution is -2.29. The van der Waals surface area contributed by atoms with Gasteiger partial charge in [0.25, 0.3) is 5.91 Å². The van der Waals surface area contributed by atoms with Crippen molar-refractivity contribution in [2.24, 2.45) is 5.73 Å². The Morgan fingerprint density at radius 1 is 0.815 bits per heavy atom. The summed E-state index contributed by atoms with van der Waals surface area (Å²) in [7, 11) is 0. The Labute approximate surface area is 158 Å². The van der Waals surface area contributed by atoms with E-state index in [2.05, 4.69) is 10.6 Å². The molecule has 4 N–H and O–H groups in total. The lowest BCUT2D eigenvalue weighted by molar-refractivity contribution is 0.0943. The van der Waals surface area contributed by atoms with Gasteiger partial charge < -0.3 is 16.4 Å². The molecule has 27 heavy (non-hydrogen) atoms. The molecule has 3 amide bonds. The SMILES string of the molecule is Cc1ccc(C(NC(=O)c2ccc(NC(N)=O)cc2)c2ccccc2)cc1. The van der Waals surface area contributed by atoms with E-state index in [1.54, 1.807) is 24.3 Å². The third-order valence-corrected chi connectivity index (χ3v) is 4.23. The lowest BCUT2D eigenvalue weighted by Gasteiger charge is -2.20. The van der Waals surface area contributed by atoms with Gasteiger partial charge >= 0.3 is 6.03 Å². The Morgan fingerprint density at radius 3 is 2.00 bits per heavy atom. The maximum absolute atomic E-state index is 12.8. The molecule has 136 valence electrons. The predicted molar refractivity (Wildman–Crippen MR) is 107 cm³/mol. The Morgan fingerprint density at radius 2 is 1.41 bits per heavy atom. The molecule has 0 aliphatic carbocycles. The number of primary amides is 1. The molecular weight excluding hydrogens is 338 g/mol. The molecule has 0 bridgehead atoms. The van der Waals surface area contributed by atoms with E-state index < -0.39 is 6.03 Å². The van der Waals surface area contributed by atoms with Gasteiger partial charge in [-0.15, -0.1) is 0 Å². The van der Waals surface area contributed by atoms with Crippen LogP contribution in [0.5, 0.6) is 0 Å². The van der Waals surface area contributed by atoms with Gasteiger partial charge in [-0.3, -0.25) is 4.79 Å². The van der Waals surface area contributed by atoms with Crippen molar-refractivity contribution in [1.82, 2.24) is 5.32 Å². The van der Waals surface area contributed by atoms with Crippen LogP contribution in [0.3, 0.4) is 0 Å². The maximum atomic E-state index is 12.8. The molecule has 0 aliphatic heterocycles. The minimum atomic E-state index is -0.643. The quantitative estimate of drug-likeness (QED) is 0.643. The molecule has 0 aromatic heterocycles. The van der Waals surface area contributed by atoms with Crippen LogP contribution in [0.1, 0.15) is 33.1 Å². The minimum absolute atomic E-state index is 0.199. The Bertz CT molecular complexity index is 920. The minimum Gasteiger partial charge on any atom is -0.351 e. The molecule has 0 aliphatic rings. The number of anilines is 1. The summed E-state index contributed by atoms with van der Waals surface area (Å²) in [4.78, 5) is 23.7. The average molecular weight is 359 g/mol. The smallest absolute Gasteiger partial charge is 0.316 e. The van der Waals surface area contributed by atoms with Crippen molar-refractivity contribution in [3.05, 3.63) is 101 Å². The van der Waals surface area contributed by atoms with Gasteiger partial charge in [-0.05, 0) is 42.3 Å². The van der Waals surface area contributed by atoms with E-state index in [1.807, 2.05) is 61.5 Å². The van der Waals surface area contributed by atoms with Crippen molar-refractivity contribution in [2.75, 3.05) is 5.32 Å². The number of aryl methyl sites for hydroxylation is 1. The molecule has 5 heteroatoms. The van der Waals surface area contributed by atoms with Crippen molar-refractivity contribution in [3.63, 3.8) is 0 Å². The third kappa shape index (κ3) is 4.73. The van der Waals surface area contributed by atoms with Gasteiger partial charge in [0.1, 0.15) is 0 Å². The van der Waals surface area contributed by atoms with E-state index in [0.717, 1.165) is 16.7 Å². The highest BCUT2D eigenvalue weighted by atomic mass is 16.2. The van der Waals surface area contributed by atoms with E-state index in [4.69, 9.17) is 5.73 Å². The van der Waals surface area contributed by atoms with Crippen LogP contribution in [0.2, 0.25) is 0 Å². The standard InChI is InChI=1S/C22H21N3O2/c1-15-7-9-17(10-8-15)20(16-5-3-2-4-6-16)25-21(26)18-11-13-19(14-12-18)24-22(23)27/h2-14,20H,1H3,(H,25,26)(H3,23,24,27). The first kappa shape index (κ1) is 18.2. The van der Waals surface area contributed by atoms with Crippen molar-refractivity contribution in [2.45, 2.75) is 13.0 Å². The number of carbonyl (C=O) groups excluding carboxylic acids is 2. The molecular formula is C22H21N3O2. The van der Waals surface area contributed by atoms with Gasteiger partial charge in [0.2, 0.25) is 0 Å². The number of benzene rings is 3. The molecule has 3 rings (SSSR count). The van der Waals surface area contributed by atoms with Crippen molar-refractivity contribution >= 4 is 17.6 Å². The van der Waals surface area contributed by atoms with Gasteiger partial charge in [0.15, 0.2) is 0 Å². The number of nitrogens with one attached hydrogen (secondary N) is 2.